The number of rotatable bonds is 2. The molecule has 0 aliphatic carbocycles. The Bertz CT molecular complexity index is 437. The number of nitrogens with one attached hydrogen (secondary N) is 2. The number of amides is 1. The van der Waals surface area contributed by atoms with Crippen molar-refractivity contribution in [2.75, 3.05) is 11.9 Å². The number of aliphatic hydroxyl groups excluding tert-OH is 1. The third-order valence-electron chi connectivity index (χ3n) is 3.06. The smallest absolute Gasteiger partial charge is 0.241 e. The van der Waals surface area contributed by atoms with Crippen LogP contribution < -0.4 is 10.6 Å². The van der Waals surface area contributed by atoms with E-state index in [0.717, 1.165) is 11.3 Å². The summed E-state index contributed by atoms with van der Waals surface area (Å²) >= 11 is 0. The lowest BCUT2D eigenvalue weighted by atomic mass is 10.1. The molecule has 2 atom stereocenters. The van der Waals surface area contributed by atoms with Crippen molar-refractivity contribution in [2.24, 2.45) is 0 Å². The fourth-order valence-electron chi connectivity index (χ4n) is 2.09. The van der Waals surface area contributed by atoms with Gasteiger partial charge in [0, 0.05) is 12.2 Å². The average molecular weight is 271 g/mol. The summed E-state index contributed by atoms with van der Waals surface area (Å²) < 4.78 is 0. The van der Waals surface area contributed by atoms with Gasteiger partial charge in [-0.2, -0.15) is 0 Å². The Morgan fingerprint density at radius 1 is 1.44 bits per heavy atom. The van der Waals surface area contributed by atoms with Crippen LogP contribution in [0.3, 0.4) is 0 Å². The third-order valence-corrected chi connectivity index (χ3v) is 3.06. The summed E-state index contributed by atoms with van der Waals surface area (Å²) in [6.07, 6.45) is 0.0707. The summed E-state index contributed by atoms with van der Waals surface area (Å²) in [7, 11) is 0. The fraction of sp³-hybridized carbons (Fsp3) is 0.462. The van der Waals surface area contributed by atoms with Crippen molar-refractivity contribution in [1.29, 1.82) is 0 Å². The first-order valence-electron chi connectivity index (χ1n) is 5.86. The van der Waals surface area contributed by atoms with Crippen LogP contribution in [0.1, 0.15) is 17.5 Å². The van der Waals surface area contributed by atoms with Gasteiger partial charge in [0.15, 0.2) is 0 Å². The molecule has 1 aromatic carbocycles. The van der Waals surface area contributed by atoms with E-state index in [1.54, 1.807) is 0 Å². The van der Waals surface area contributed by atoms with Crippen LogP contribution in [0.15, 0.2) is 18.2 Å². The minimum absolute atomic E-state index is 0. The molecule has 1 aliphatic rings. The minimum atomic E-state index is -0.412. The normalized spacial score (nSPS) is 22.4. The highest BCUT2D eigenvalue weighted by atomic mass is 35.5. The van der Waals surface area contributed by atoms with Crippen molar-refractivity contribution >= 4 is 24.0 Å². The van der Waals surface area contributed by atoms with E-state index in [0.29, 0.717) is 13.0 Å². The van der Waals surface area contributed by atoms with Crippen LogP contribution in [0, 0.1) is 13.8 Å². The summed E-state index contributed by atoms with van der Waals surface area (Å²) in [5.74, 6) is -0.0755. The number of hydrogen-bond donors (Lipinski definition) is 3. The Morgan fingerprint density at radius 3 is 2.72 bits per heavy atom. The van der Waals surface area contributed by atoms with Crippen molar-refractivity contribution < 1.29 is 9.90 Å². The highest BCUT2D eigenvalue weighted by Gasteiger charge is 2.28. The maximum Gasteiger partial charge on any atom is 0.241 e. The average Bonchev–Trinajstić information content (AvgIpc) is 2.69. The number of carbonyl (C=O) groups excluding carboxylic acids is 1. The minimum Gasteiger partial charge on any atom is -0.392 e. The molecule has 100 valence electrons. The molecular weight excluding hydrogens is 252 g/mol. The van der Waals surface area contributed by atoms with Gasteiger partial charge in [0.05, 0.1) is 12.1 Å². The quantitative estimate of drug-likeness (QED) is 0.761. The summed E-state index contributed by atoms with van der Waals surface area (Å²) in [5.41, 5.74) is 3.07. The van der Waals surface area contributed by atoms with Gasteiger partial charge in [-0.05, 0) is 31.9 Å². The van der Waals surface area contributed by atoms with Gasteiger partial charge < -0.3 is 15.7 Å². The van der Waals surface area contributed by atoms with Crippen LogP contribution in [0.25, 0.3) is 0 Å². The van der Waals surface area contributed by atoms with Crippen molar-refractivity contribution in [3.05, 3.63) is 29.3 Å². The molecule has 1 fully saturated rings. The van der Waals surface area contributed by atoms with E-state index < -0.39 is 6.10 Å². The number of hydrogen-bond acceptors (Lipinski definition) is 3. The van der Waals surface area contributed by atoms with Crippen molar-refractivity contribution in [2.45, 2.75) is 32.4 Å². The van der Waals surface area contributed by atoms with Crippen LogP contribution in [0.5, 0.6) is 0 Å². The Kier molecular flexibility index (Phi) is 5.14. The third kappa shape index (κ3) is 3.45. The van der Waals surface area contributed by atoms with E-state index in [1.165, 1.54) is 5.56 Å². The molecule has 1 saturated heterocycles. The first-order valence-corrected chi connectivity index (χ1v) is 5.86. The number of halogens is 1. The maximum absolute atomic E-state index is 11.9. The fourth-order valence-corrected chi connectivity index (χ4v) is 2.09. The number of anilines is 1. The molecule has 1 heterocycles. The number of aliphatic hydroxyl groups is 1. The van der Waals surface area contributed by atoms with Gasteiger partial charge in [-0.1, -0.05) is 17.7 Å². The molecule has 5 heteroatoms. The maximum atomic E-state index is 11.9. The molecule has 0 bridgehead atoms. The van der Waals surface area contributed by atoms with Gasteiger partial charge in [0.1, 0.15) is 0 Å². The zero-order valence-electron chi connectivity index (χ0n) is 10.6. The second-order valence-corrected chi connectivity index (χ2v) is 4.66. The van der Waals surface area contributed by atoms with E-state index in [2.05, 4.69) is 10.6 Å². The Labute approximate surface area is 113 Å². The Morgan fingerprint density at radius 2 is 2.17 bits per heavy atom. The summed E-state index contributed by atoms with van der Waals surface area (Å²) in [6, 6.07) is 5.63. The number of benzene rings is 1. The first kappa shape index (κ1) is 15.0. The second-order valence-electron chi connectivity index (χ2n) is 4.66. The number of aryl methyl sites for hydroxylation is 2. The van der Waals surface area contributed by atoms with Crippen LogP contribution in [0.2, 0.25) is 0 Å². The topological polar surface area (TPSA) is 61.4 Å². The van der Waals surface area contributed by atoms with Gasteiger partial charge >= 0.3 is 0 Å². The van der Waals surface area contributed by atoms with E-state index in [-0.39, 0.29) is 24.4 Å². The zero-order valence-corrected chi connectivity index (χ0v) is 11.4. The zero-order chi connectivity index (χ0) is 12.4. The molecule has 0 spiro atoms. The molecule has 0 radical (unpaired) electrons. The van der Waals surface area contributed by atoms with Crippen LogP contribution in [-0.2, 0) is 4.79 Å². The largest absolute Gasteiger partial charge is 0.392 e. The molecule has 0 saturated carbocycles. The van der Waals surface area contributed by atoms with Crippen molar-refractivity contribution in [3.8, 4) is 0 Å². The highest BCUT2D eigenvalue weighted by Crippen LogP contribution is 2.17. The van der Waals surface area contributed by atoms with Crippen LogP contribution in [0.4, 0.5) is 5.69 Å². The van der Waals surface area contributed by atoms with E-state index >= 15 is 0 Å². The predicted molar refractivity (Wildman–Crippen MR) is 74.2 cm³/mol. The standard InChI is InChI=1S/C13H18N2O2.ClH/c1-8-3-4-11(9(2)5-8)15-13(17)12-6-10(16)7-14-12;/h3-5,10,12,14,16H,6-7H2,1-2H3,(H,15,17);1H. The molecule has 1 amide bonds. The van der Waals surface area contributed by atoms with Crippen LogP contribution >= 0.6 is 12.4 Å². The molecule has 4 nitrogen and oxygen atoms in total. The van der Waals surface area contributed by atoms with Crippen molar-refractivity contribution in [3.63, 3.8) is 0 Å². The van der Waals surface area contributed by atoms with Gasteiger partial charge in [-0.3, -0.25) is 4.79 Å². The molecule has 18 heavy (non-hydrogen) atoms. The first-order chi connectivity index (χ1) is 8.06. The Hall–Kier alpha value is -1.10. The van der Waals surface area contributed by atoms with Gasteiger partial charge in [0.2, 0.25) is 5.91 Å². The van der Waals surface area contributed by atoms with Gasteiger partial charge in [-0.25, -0.2) is 0 Å². The SMILES string of the molecule is Cc1ccc(NC(=O)C2CC(O)CN2)c(C)c1.Cl. The Balaban J connectivity index is 0.00000162. The summed E-state index contributed by atoms with van der Waals surface area (Å²) in [6.45, 7) is 4.48. The van der Waals surface area contributed by atoms with E-state index in [4.69, 9.17) is 0 Å². The van der Waals surface area contributed by atoms with Gasteiger partial charge in [-0.15, -0.1) is 12.4 Å². The molecule has 1 aromatic rings. The summed E-state index contributed by atoms with van der Waals surface area (Å²) in [4.78, 5) is 11.9. The molecule has 2 rings (SSSR count). The molecule has 3 N–H and O–H groups in total. The second kappa shape index (κ2) is 6.18. The van der Waals surface area contributed by atoms with Crippen molar-refractivity contribution in [1.82, 2.24) is 5.32 Å². The highest BCUT2D eigenvalue weighted by molar-refractivity contribution is 5.95. The lowest BCUT2D eigenvalue weighted by molar-refractivity contribution is -0.117. The summed E-state index contributed by atoms with van der Waals surface area (Å²) in [5, 5.41) is 15.2. The van der Waals surface area contributed by atoms with Crippen LogP contribution in [-0.4, -0.2) is 29.7 Å². The number of β-amino-alcohol motifs (C(OH)–C–C–N with tert-alkyl or cyclic N) is 1. The predicted octanol–water partition coefficient (Wildman–Crippen LogP) is 1.39. The molecule has 2 unspecified atom stereocenters. The van der Waals surface area contributed by atoms with Gasteiger partial charge in [0.25, 0.3) is 0 Å². The lowest BCUT2D eigenvalue weighted by Crippen LogP contribution is -2.35. The van der Waals surface area contributed by atoms with E-state index in [1.807, 2.05) is 32.0 Å². The number of carbonyl (C=O) groups is 1. The molecular formula is C13H19ClN2O2. The lowest BCUT2D eigenvalue weighted by Gasteiger charge is -2.13. The molecule has 1 aliphatic heterocycles. The molecule has 0 aromatic heterocycles. The monoisotopic (exact) mass is 270 g/mol. The van der Waals surface area contributed by atoms with E-state index in [9.17, 15) is 9.90 Å².